The number of rotatable bonds is 6. The van der Waals surface area contributed by atoms with Crippen molar-refractivity contribution in [3.05, 3.63) is 77.8 Å². The van der Waals surface area contributed by atoms with Crippen molar-refractivity contribution in [2.45, 2.75) is 20.8 Å². The summed E-state index contributed by atoms with van der Waals surface area (Å²) in [6.07, 6.45) is 6.55. The Bertz CT molecular complexity index is 732. The van der Waals surface area contributed by atoms with Gasteiger partial charge in [0.1, 0.15) is 11.5 Å². The van der Waals surface area contributed by atoms with Crippen LogP contribution >= 0.6 is 0 Å². The first-order valence-corrected chi connectivity index (χ1v) is 7.80. The first kappa shape index (κ1) is 20.3. The van der Waals surface area contributed by atoms with E-state index in [1.807, 2.05) is 6.08 Å². The monoisotopic (exact) mass is 341 g/mol. The number of nitrogens with zero attached hydrogens (tertiary/aromatic N) is 1. The minimum atomic E-state index is -0.585. The van der Waals surface area contributed by atoms with Crippen LogP contribution in [0.4, 0.5) is 4.39 Å². The van der Waals surface area contributed by atoms with Gasteiger partial charge >= 0.3 is 5.97 Å². The SMILES string of the molecule is C=CC(/C=N/C(=C\c1ccc(F)cc1)C(=O)OC)=C\C(=C)C(C)(C)C. The molecule has 0 saturated heterocycles. The molecule has 0 aliphatic carbocycles. The first-order valence-electron chi connectivity index (χ1n) is 7.80. The smallest absolute Gasteiger partial charge is 0.356 e. The van der Waals surface area contributed by atoms with Gasteiger partial charge in [-0.1, -0.05) is 58.2 Å². The van der Waals surface area contributed by atoms with Gasteiger partial charge in [-0.15, -0.1) is 0 Å². The van der Waals surface area contributed by atoms with Crippen molar-refractivity contribution in [2.24, 2.45) is 10.4 Å². The lowest BCUT2D eigenvalue weighted by molar-refractivity contribution is -0.136. The van der Waals surface area contributed by atoms with Crippen molar-refractivity contribution < 1.29 is 13.9 Å². The van der Waals surface area contributed by atoms with Gasteiger partial charge in [0.25, 0.3) is 0 Å². The molecule has 1 rings (SSSR count). The van der Waals surface area contributed by atoms with Gasteiger partial charge in [0.15, 0.2) is 0 Å². The molecule has 0 heterocycles. The summed E-state index contributed by atoms with van der Waals surface area (Å²) in [7, 11) is 1.28. The van der Waals surface area contributed by atoms with Gasteiger partial charge in [-0.05, 0) is 40.3 Å². The van der Waals surface area contributed by atoms with Gasteiger partial charge < -0.3 is 4.74 Å². The molecule has 0 spiro atoms. The zero-order valence-corrected chi connectivity index (χ0v) is 15.2. The summed E-state index contributed by atoms with van der Waals surface area (Å²) in [6, 6.07) is 5.73. The van der Waals surface area contributed by atoms with Gasteiger partial charge in [0, 0.05) is 6.21 Å². The molecule has 25 heavy (non-hydrogen) atoms. The van der Waals surface area contributed by atoms with Crippen LogP contribution in [0.15, 0.2) is 71.4 Å². The van der Waals surface area contributed by atoms with Crippen LogP contribution in [0.3, 0.4) is 0 Å². The van der Waals surface area contributed by atoms with Gasteiger partial charge in [0.2, 0.25) is 0 Å². The number of methoxy groups -OCH3 is 1. The van der Waals surface area contributed by atoms with Crippen LogP contribution in [0.2, 0.25) is 0 Å². The Morgan fingerprint density at radius 2 is 1.84 bits per heavy atom. The highest BCUT2D eigenvalue weighted by Gasteiger charge is 2.13. The average molecular weight is 341 g/mol. The summed E-state index contributed by atoms with van der Waals surface area (Å²) in [6.45, 7) is 14.0. The van der Waals surface area contributed by atoms with Crippen LogP contribution in [-0.2, 0) is 9.53 Å². The molecule has 0 radical (unpaired) electrons. The molecule has 0 amide bonds. The highest BCUT2D eigenvalue weighted by atomic mass is 19.1. The van der Waals surface area contributed by atoms with E-state index in [2.05, 4.69) is 38.9 Å². The Labute approximate surface area is 148 Å². The molecule has 4 heteroatoms. The standard InChI is InChI=1S/C21H24FNO2/c1-7-16(12-15(2)21(3,4)5)14-23-19(20(24)25-6)13-17-8-10-18(22)11-9-17/h7-14H,1-2H2,3-6H3/b16-12+,19-13-,23-14+. The zero-order valence-electron chi connectivity index (χ0n) is 15.2. The van der Waals surface area contributed by atoms with E-state index in [0.717, 1.165) is 5.57 Å². The number of allylic oxidation sites excluding steroid dienone is 4. The molecule has 0 N–H and O–H groups in total. The third-order valence-corrected chi connectivity index (χ3v) is 3.46. The summed E-state index contributed by atoms with van der Waals surface area (Å²) in [5, 5.41) is 0. The number of carbonyl (C=O) groups is 1. The molecule has 0 bridgehead atoms. The maximum Gasteiger partial charge on any atom is 0.356 e. The van der Waals surface area contributed by atoms with Crippen LogP contribution in [0, 0.1) is 11.2 Å². The molecule has 3 nitrogen and oxygen atoms in total. The average Bonchev–Trinajstić information content (AvgIpc) is 2.57. The highest BCUT2D eigenvalue weighted by molar-refractivity contribution is 5.96. The van der Waals surface area contributed by atoms with E-state index >= 15 is 0 Å². The van der Waals surface area contributed by atoms with E-state index in [9.17, 15) is 9.18 Å². The second-order valence-electron chi connectivity index (χ2n) is 6.45. The third kappa shape index (κ3) is 6.71. The summed E-state index contributed by atoms with van der Waals surface area (Å²) in [5.41, 5.74) is 2.28. The fourth-order valence-electron chi connectivity index (χ4n) is 1.68. The molecule has 0 unspecified atom stereocenters. The number of esters is 1. The van der Waals surface area contributed by atoms with Crippen LogP contribution in [0.5, 0.6) is 0 Å². The number of ether oxygens (including phenoxy) is 1. The van der Waals surface area contributed by atoms with Gasteiger partial charge in [0.05, 0.1) is 7.11 Å². The molecule has 0 saturated carbocycles. The Morgan fingerprint density at radius 3 is 2.32 bits per heavy atom. The highest BCUT2D eigenvalue weighted by Crippen LogP contribution is 2.25. The molecule has 0 aromatic heterocycles. The lowest BCUT2D eigenvalue weighted by Crippen LogP contribution is -2.07. The summed E-state index contributed by atoms with van der Waals surface area (Å²) < 4.78 is 17.7. The molecule has 0 fully saturated rings. The molecular formula is C21H24FNO2. The normalized spacial score (nSPS) is 13.0. The maximum atomic E-state index is 13.0. The molecule has 0 aliphatic rings. The second-order valence-corrected chi connectivity index (χ2v) is 6.45. The first-order chi connectivity index (χ1) is 11.7. The van der Waals surface area contributed by atoms with Crippen LogP contribution in [0.1, 0.15) is 26.3 Å². The van der Waals surface area contributed by atoms with E-state index in [4.69, 9.17) is 4.74 Å². The number of aliphatic imine (C=N–C) groups is 1. The fourth-order valence-corrected chi connectivity index (χ4v) is 1.68. The van der Waals surface area contributed by atoms with Crippen molar-refractivity contribution in [3.63, 3.8) is 0 Å². The number of hydrogen-bond donors (Lipinski definition) is 0. The predicted molar refractivity (Wildman–Crippen MR) is 102 cm³/mol. The molecule has 1 aromatic rings. The quantitative estimate of drug-likeness (QED) is 0.311. The molecule has 132 valence electrons. The van der Waals surface area contributed by atoms with E-state index in [0.29, 0.717) is 11.1 Å². The van der Waals surface area contributed by atoms with Crippen molar-refractivity contribution in [3.8, 4) is 0 Å². The summed E-state index contributed by atoms with van der Waals surface area (Å²) >= 11 is 0. The van der Waals surface area contributed by atoms with Crippen molar-refractivity contribution >= 4 is 18.3 Å². The predicted octanol–water partition coefficient (Wildman–Crippen LogP) is 5.13. The van der Waals surface area contributed by atoms with E-state index in [1.54, 1.807) is 18.2 Å². The Kier molecular flexibility index (Phi) is 7.24. The Morgan fingerprint density at radius 1 is 1.24 bits per heavy atom. The van der Waals surface area contributed by atoms with E-state index in [-0.39, 0.29) is 16.9 Å². The van der Waals surface area contributed by atoms with Gasteiger partial charge in [-0.3, -0.25) is 0 Å². The summed E-state index contributed by atoms with van der Waals surface area (Å²) in [4.78, 5) is 16.1. The van der Waals surface area contributed by atoms with Crippen LogP contribution in [0.25, 0.3) is 6.08 Å². The topological polar surface area (TPSA) is 38.7 Å². The second kappa shape index (κ2) is 8.92. The fraction of sp³-hybridized carbons (Fsp3) is 0.238. The van der Waals surface area contributed by atoms with Crippen LogP contribution in [-0.4, -0.2) is 19.3 Å². The van der Waals surface area contributed by atoms with Crippen molar-refractivity contribution in [1.29, 1.82) is 0 Å². The summed E-state index contributed by atoms with van der Waals surface area (Å²) in [5.74, 6) is -0.934. The molecule has 1 aromatic carbocycles. The number of halogens is 1. The van der Waals surface area contributed by atoms with Gasteiger partial charge in [-0.2, -0.15) is 0 Å². The Balaban J connectivity index is 3.16. The number of benzene rings is 1. The largest absolute Gasteiger partial charge is 0.464 e. The zero-order chi connectivity index (χ0) is 19.0. The van der Waals surface area contributed by atoms with E-state index in [1.165, 1.54) is 31.5 Å². The van der Waals surface area contributed by atoms with Crippen molar-refractivity contribution in [1.82, 2.24) is 0 Å². The number of carbonyl (C=O) groups excluding carboxylic acids is 1. The maximum absolute atomic E-state index is 13.0. The minimum absolute atomic E-state index is 0.0861. The molecular weight excluding hydrogens is 317 g/mol. The lowest BCUT2D eigenvalue weighted by Gasteiger charge is -2.19. The Hall–Kier alpha value is -2.75. The van der Waals surface area contributed by atoms with Gasteiger partial charge in [-0.25, -0.2) is 14.2 Å². The van der Waals surface area contributed by atoms with E-state index < -0.39 is 5.97 Å². The van der Waals surface area contributed by atoms with Crippen LogP contribution < -0.4 is 0 Å². The molecule has 0 aliphatic heterocycles. The third-order valence-electron chi connectivity index (χ3n) is 3.46. The number of hydrogen-bond acceptors (Lipinski definition) is 3. The minimum Gasteiger partial charge on any atom is -0.464 e. The lowest BCUT2D eigenvalue weighted by atomic mass is 9.86. The molecule has 0 atom stereocenters. The van der Waals surface area contributed by atoms with Crippen molar-refractivity contribution in [2.75, 3.05) is 7.11 Å².